The lowest BCUT2D eigenvalue weighted by molar-refractivity contribution is 0.242. The molecule has 1 atom stereocenters. The largest absolute Gasteiger partial charge is 0.357 e. The van der Waals surface area contributed by atoms with Gasteiger partial charge < -0.3 is 10.6 Å². The van der Waals surface area contributed by atoms with Gasteiger partial charge in [-0.25, -0.2) is 12.7 Å². The van der Waals surface area contributed by atoms with Gasteiger partial charge >= 0.3 is 0 Å². The van der Waals surface area contributed by atoms with Crippen molar-refractivity contribution < 1.29 is 8.42 Å². The molecule has 1 unspecified atom stereocenters. The van der Waals surface area contributed by atoms with Crippen molar-refractivity contribution in [2.75, 3.05) is 45.0 Å². The van der Waals surface area contributed by atoms with Crippen molar-refractivity contribution in [2.45, 2.75) is 65.0 Å². The first-order valence-corrected chi connectivity index (χ1v) is 11.9. The average Bonchev–Trinajstić information content (AvgIpc) is 3.26. The molecule has 26 heavy (non-hydrogen) atoms. The molecule has 0 bridgehead atoms. The van der Waals surface area contributed by atoms with Crippen molar-refractivity contribution in [3.63, 3.8) is 0 Å². The highest BCUT2D eigenvalue weighted by atomic mass is 32.2. The van der Waals surface area contributed by atoms with Crippen LogP contribution in [0.5, 0.6) is 0 Å². The van der Waals surface area contributed by atoms with Gasteiger partial charge in [0.25, 0.3) is 0 Å². The van der Waals surface area contributed by atoms with Crippen LogP contribution in [0.3, 0.4) is 0 Å². The molecule has 2 fully saturated rings. The summed E-state index contributed by atoms with van der Waals surface area (Å²) >= 11 is 0. The van der Waals surface area contributed by atoms with E-state index in [-0.39, 0.29) is 12.3 Å². The number of aliphatic imine (C=N–C) groups is 1. The van der Waals surface area contributed by atoms with Gasteiger partial charge in [0.05, 0.1) is 12.3 Å². The van der Waals surface area contributed by atoms with Gasteiger partial charge in [-0.1, -0.05) is 26.7 Å². The smallest absolute Gasteiger partial charge is 0.215 e. The molecule has 0 radical (unpaired) electrons. The number of guanidine groups is 1. The maximum absolute atomic E-state index is 12.3. The third-order valence-corrected chi connectivity index (χ3v) is 7.47. The lowest BCUT2D eigenvalue weighted by atomic mass is 10.2. The Morgan fingerprint density at radius 2 is 1.85 bits per heavy atom. The van der Waals surface area contributed by atoms with E-state index in [9.17, 15) is 8.42 Å². The fraction of sp³-hybridized carbons (Fsp3) is 0.944. The van der Waals surface area contributed by atoms with Gasteiger partial charge in [-0.15, -0.1) is 0 Å². The summed E-state index contributed by atoms with van der Waals surface area (Å²) in [5.41, 5.74) is 0. The Hall–Kier alpha value is -0.860. The van der Waals surface area contributed by atoms with Crippen LogP contribution in [0.15, 0.2) is 4.99 Å². The molecular weight excluding hydrogens is 350 g/mol. The summed E-state index contributed by atoms with van der Waals surface area (Å²) in [7, 11) is -3.22. The molecule has 0 aromatic rings. The SMILES string of the molecule is CCNC(=NCCS(=O)(=O)N(CC)CC)NC1CCN(C2CCCC2)C1. The minimum absolute atomic E-state index is 0.0596. The molecular formula is C18H37N5O2S. The summed E-state index contributed by atoms with van der Waals surface area (Å²) < 4.78 is 26.1. The minimum Gasteiger partial charge on any atom is -0.357 e. The Bertz CT molecular complexity index is 542. The molecule has 1 saturated heterocycles. The first kappa shape index (κ1) is 21.4. The van der Waals surface area contributed by atoms with Gasteiger partial charge in [0.2, 0.25) is 10.0 Å². The summed E-state index contributed by atoms with van der Waals surface area (Å²) in [5, 5.41) is 6.75. The zero-order valence-electron chi connectivity index (χ0n) is 16.7. The van der Waals surface area contributed by atoms with Crippen LogP contribution < -0.4 is 10.6 Å². The number of nitrogens with one attached hydrogen (secondary N) is 2. The number of hydrogen-bond acceptors (Lipinski definition) is 4. The monoisotopic (exact) mass is 387 g/mol. The molecule has 0 aromatic carbocycles. The van der Waals surface area contributed by atoms with Crippen LogP contribution in [0.2, 0.25) is 0 Å². The predicted octanol–water partition coefficient (Wildman–Crippen LogP) is 1.23. The third-order valence-electron chi connectivity index (χ3n) is 5.46. The molecule has 7 nitrogen and oxygen atoms in total. The highest BCUT2D eigenvalue weighted by Crippen LogP contribution is 2.26. The summed E-state index contributed by atoms with van der Waals surface area (Å²) in [6.45, 7) is 10.1. The quantitative estimate of drug-likeness (QED) is 0.460. The van der Waals surface area contributed by atoms with Crippen LogP contribution in [0.25, 0.3) is 0 Å². The molecule has 0 amide bonds. The number of nitrogens with zero attached hydrogens (tertiary/aromatic N) is 3. The number of hydrogen-bond donors (Lipinski definition) is 2. The van der Waals surface area contributed by atoms with Crippen molar-refractivity contribution in [1.82, 2.24) is 19.8 Å². The van der Waals surface area contributed by atoms with E-state index < -0.39 is 10.0 Å². The summed E-state index contributed by atoms with van der Waals surface area (Å²) in [6, 6.07) is 1.16. The standard InChI is InChI=1S/C18H37N5O2S/c1-4-19-18(20-12-14-26(24,25)23(5-2)6-3)21-16-11-13-22(15-16)17-9-7-8-10-17/h16-17H,4-15H2,1-3H3,(H2,19,20,21). The second-order valence-corrected chi connectivity index (χ2v) is 9.31. The van der Waals surface area contributed by atoms with Crippen molar-refractivity contribution in [3.05, 3.63) is 0 Å². The van der Waals surface area contributed by atoms with E-state index in [1.165, 1.54) is 30.0 Å². The molecule has 1 heterocycles. The van der Waals surface area contributed by atoms with Gasteiger partial charge in [0.1, 0.15) is 0 Å². The molecule has 1 aliphatic carbocycles. The normalized spacial score (nSPS) is 23.1. The Morgan fingerprint density at radius 3 is 2.46 bits per heavy atom. The highest BCUT2D eigenvalue weighted by Gasteiger charge is 2.30. The highest BCUT2D eigenvalue weighted by molar-refractivity contribution is 7.89. The fourth-order valence-corrected chi connectivity index (χ4v) is 5.41. The lowest BCUT2D eigenvalue weighted by Gasteiger charge is -2.24. The van der Waals surface area contributed by atoms with Crippen molar-refractivity contribution >= 4 is 16.0 Å². The zero-order chi connectivity index (χ0) is 19.0. The van der Waals surface area contributed by atoms with Crippen LogP contribution >= 0.6 is 0 Å². The molecule has 1 saturated carbocycles. The number of sulfonamides is 1. The molecule has 2 aliphatic rings. The van der Waals surface area contributed by atoms with Crippen LogP contribution in [0.4, 0.5) is 0 Å². The Labute approximate surface area is 159 Å². The van der Waals surface area contributed by atoms with Crippen LogP contribution in [0, 0.1) is 0 Å². The molecule has 8 heteroatoms. The van der Waals surface area contributed by atoms with Crippen LogP contribution in [-0.2, 0) is 10.0 Å². The first-order chi connectivity index (χ1) is 12.5. The molecule has 0 aromatic heterocycles. The van der Waals surface area contributed by atoms with Crippen LogP contribution in [-0.4, -0.2) is 80.7 Å². The maximum Gasteiger partial charge on any atom is 0.215 e. The summed E-state index contributed by atoms with van der Waals surface area (Å²) in [6.07, 6.45) is 6.53. The zero-order valence-corrected chi connectivity index (χ0v) is 17.5. The molecule has 2 rings (SSSR count). The van der Waals surface area contributed by atoms with E-state index in [0.717, 1.165) is 38.1 Å². The Balaban J connectivity index is 1.84. The number of likely N-dealkylation sites (tertiary alicyclic amines) is 1. The average molecular weight is 388 g/mol. The maximum atomic E-state index is 12.3. The Morgan fingerprint density at radius 1 is 1.15 bits per heavy atom. The second kappa shape index (κ2) is 10.5. The molecule has 1 aliphatic heterocycles. The minimum atomic E-state index is -3.22. The van der Waals surface area contributed by atoms with Crippen molar-refractivity contribution in [3.8, 4) is 0 Å². The summed E-state index contributed by atoms with van der Waals surface area (Å²) in [5.74, 6) is 0.796. The van der Waals surface area contributed by atoms with Crippen LogP contribution in [0.1, 0.15) is 52.9 Å². The van der Waals surface area contributed by atoms with Crippen molar-refractivity contribution in [1.29, 1.82) is 0 Å². The third kappa shape index (κ3) is 6.09. The summed E-state index contributed by atoms with van der Waals surface area (Å²) in [4.78, 5) is 7.12. The van der Waals surface area contributed by atoms with E-state index in [4.69, 9.17) is 0 Å². The predicted molar refractivity (Wildman–Crippen MR) is 108 cm³/mol. The fourth-order valence-electron chi connectivity index (χ4n) is 4.04. The van der Waals surface area contributed by atoms with Gasteiger partial charge in [-0.2, -0.15) is 0 Å². The van der Waals surface area contributed by atoms with Gasteiger partial charge in [-0.05, 0) is 26.2 Å². The van der Waals surface area contributed by atoms with E-state index >= 15 is 0 Å². The van der Waals surface area contributed by atoms with Gasteiger partial charge in [0, 0.05) is 44.8 Å². The first-order valence-electron chi connectivity index (χ1n) is 10.3. The second-order valence-electron chi connectivity index (χ2n) is 7.22. The van der Waals surface area contributed by atoms with E-state index in [2.05, 4.69) is 20.5 Å². The number of rotatable bonds is 9. The molecule has 152 valence electrons. The molecule has 2 N–H and O–H groups in total. The molecule has 0 spiro atoms. The van der Waals surface area contributed by atoms with E-state index in [1.807, 2.05) is 20.8 Å². The lowest BCUT2D eigenvalue weighted by Crippen LogP contribution is -2.45. The van der Waals surface area contributed by atoms with E-state index in [0.29, 0.717) is 19.1 Å². The van der Waals surface area contributed by atoms with Crippen molar-refractivity contribution in [2.24, 2.45) is 4.99 Å². The van der Waals surface area contributed by atoms with Gasteiger partial charge in [-0.3, -0.25) is 9.89 Å². The Kier molecular flexibility index (Phi) is 8.63. The van der Waals surface area contributed by atoms with E-state index in [1.54, 1.807) is 0 Å². The topological polar surface area (TPSA) is 77.0 Å². The van der Waals surface area contributed by atoms with Gasteiger partial charge in [0.15, 0.2) is 5.96 Å².